The summed E-state index contributed by atoms with van der Waals surface area (Å²) < 4.78 is 0. The molecule has 9 atom stereocenters. The van der Waals surface area contributed by atoms with E-state index in [0.717, 1.165) is 37.0 Å². The minimum absolute atomic E-state index is 0.152. The van der Waals surface area contributed by atoms with Crippen LogP contribution < -0.4 is 0 Å². The molecule has 2 nitrogen and oxygen atoms in total. The Labute approximate surface area is 225 Å². The number of aliphatic hydroxyl groups excluding tert-OH is 1. The summed E-state index contributed by atoms with van der Waals surface area (Å²) in [5.74, 6) is 3.84. The minimum Gasteiger partial charge on any atom is -0.393 e. The zero-order valence-corrected chi connectivity index (χ0v) is 25.6. The first-order valence-electron chi connectivity index (χ1n) is 15.8. The van der Waals surface area contributed by atoms with E-state index in [9.17, 15) is 10.2 Å². The third-order valence-electron chi connectivity index (χ3n) is 10.9. The highest BCUT2D eigenvalue weighted by Gasteiger charge is 2.64. The van der Waals surface area contributed by atoms with Crippen molar-refractivity contribution >= 4 is 0 Å². The van der Waals surface area contributed by atoms with Crippen LogP contribution in [0.15, 0.2) is 24.3 Å². The fraction of sp³-hybridized carbons (Fsp3) is 0.882. The van der Waals surface area contributed by atoms with E-state index in [1.165, 1.54) is 50.5 Å². The molecule has 3 saturated carbocycles. The summed E-state index contributed by atoms with van der Waals surface area (Å²) >= 11 is 0. The highest BCUT2D eigenvalue weighted by Crippen LogP contribution is 2.69. The number of hydrogen-bond donors (Lipinski definition) is 2. The van der Waals surface area contributed by atoms with Gasteiger partial charge in [0.2, 0.25) is 0 Å². The van der Waals surface area contributed by atoms with Gasteiger partial charge in [0.05, 0.1) is 11.7 Å². The van der Waals surface area contributed by atoms with E-state index in [2.05, 4.69) is 47.3 Å². The van der Waals surface area contributed by atoms with E-state index < -0.39 is 5.60 Å². The van der Waals surface area contributed by atoms with Gasteiger partial charge in [-0.1, -0.05) is 99.3 Å². The molecule has 2 N–H and O–H groups in total. The standard InChI is InChI=1S/C30H50O2.2C2H6/c1-7-15-30(32)19-22-18-23(31)13-16-28(22,5)26-14-17-29(6)24(11-12-25(29)27(26)30)21(4)10-8-9-20(2)3;2*1-2/h7,19-21,23-27,31-32H,1,8-18H2,2-6H3;2*1-2H3/t21?,23?,24?,25?,26?,27?,28-,29+,30?;;/m0../s1. The van der Waals surface area contributed by atoms with Crippen LogP contribution in [0.25, 0.3) is 0 Å². The molecule has 36 heavy (non-hydrogen) atoms. The average molecular weight is 503 g/mol. The van der Waals surface area contributed by atoms with Gasteiger partial charge in [-0.25, -0.2) is 0 Å². The first kappa shape index (κ1) is 31.6. The predicted molar refractivity (Wildman–Crippen MR) is 157 cm³/mol. The summed E-state index contributed by atoms with van der Waals surface area (Å²) in [4.78, 5) is 0. The second-order valence-electron chi connectivity index (χ2n) is 13.2. The molecule has 3 fully saturated rings. The zero-order valence-electron chi connectivity index (χ0n) is 25.6. The van der Waals surface area contributed by atoms with E-state index in [4.69, 9.17) is 0 Å². The van der Waals surface area contributed by atoms with Crippen molar-refractivity contribution in [3.63, 3.8) is 0 Å². The van der Waals surface area contributed by atoms with Gasteiger partial charge in [0.1, 0.15) is 0 Å². The highest BCUT2D eigenvalue weighted by molar-refractivity contribution is 5.32. The molecule has 0 aromatic carbocycles. The van der Waals surface area contributed by atoms with Gasteiger partial charge in [0, 0.05) is 0 Å². The van der Waals surface area contributed by atoms with Gasteiger partial charge < -0.3 is 10.2 Å². The molecule has 0 heterocycles. The van der Waals surface area contributed by atoms with Gasteiger partial charge in [-0.05, 0) is 97.7 Å². The predicted octanol–water partition coefficient (Wildman–Crippen LogP) is 9.36. The molecule has 4 aliphatic carbocycles. The van der Waals surface area contributed by atoms with Crippen molar-refractivity contribution in [3.8, 4) is 0 Å². The molecular weight excluding hydrogens is 440 g/mol. The molecule has 2 heteroatoms. The molecule has 0 aliphatic heterocycles. The lowest BCUT2D eigenvalue weighted by Crippen LogP contribution is -2.59. The van der Waals surface area contributed by atoms with Crippen LogP contribution in [0.2, 0.25) is 0 Å². The highest BCUT2D eigenvalue weighted by atomic mass is 16.3. The molecular formula is C34H62O2. The maximum atomic E-state index is 12.2. The van der Waals surface area contributed by atoms with Gasteiger partial charge in [-0.15, -0.1) is 6.58 Å². The van der Waals surface area contributed by atoms with Crippen molar-refractivity contribution in [2.45, 2.75) is 145 Å². The topological polar surface area (TPSA) is 40.5 Å². The number of rotatable bonds is 7. The Hall–Kier alpha value is -0.600. The summed E-state index contributed by atoms with van der Waals surface area (Å²) in [5, 5.41) is 22.6. The molecule has 0 bridgehead atoms. The third-order valence-corrected chi connectivity index (χ3v) is 10.9. The molecule has 0 aromatic rings. The summed E-state index contributed by atoms with van der Waals surface area (Å²) in [6, 6.07) is 0. The Balaban J connectivity index is 0.00000109. The Morgan fingerprint density at radius 3 is 2.25 bits per heavy atom. The number of hydrogen-bond acceptors (Lipinski definition) is 2. The van der Waals surface area contributed by atoms with Gasteiger partial charge in [-0.2, -0.15) is 0 Å². The fourth-order valence-electron chi connectivity index (χ4n) is 9.26. The van der Waals surface area contributed by atoms with Crippen LogP contribution in [0.5, 0.6) is 0 Å². The Morgan fingerprint density at radius 2 is 1.64 bits per heavy atom. The van der Waals surface area contributed by atoms with Crippen molar-refractivity contribution in [2.75, 3.05) is 0 Å². The molecule has 0 radical (unpaired) electrons. The summed E-state index contributed by atoms with van der Waals surface area (Å²) in [6.45, 7) is 24.3. The molecule has 4 rings (SSSR count). The van der Waals surface area contributed by atoms with Crippen LogP contribution in [-0.2, 0) is 0 Å². The van der Waals surface area contributed by atoms with Gasteiger partial charge in [-0.3, -0.25) is 0 Å². The normalized spacial score (nSPS) is 41.9. The van der Waals surface area contributed by atoms with Gasteiger partial charge >= 0.3 is 0 Å². The quantitative estimate of drug-likeness (QED) is 0.340. The largest absolute Gasteiger partial charge is 0.393 e. The average Bonchev–Trinajstić information content (AvgIpc) is 3.20. The van der Waals surface area contributed by atoms with Crippen molar-refractivity contribution in [1.29, 1.82) is 0 Å². The molecule has 0 amide bonds. The zero-order chi connectivity index (χ0) is 27.3. The minimum atomic E-state index is -0.791. The SMILES string of the molecule is C=CCC1(O)C=C2CC(O)CC[C@]2(C)C2CC[C@]3(C)C(C(C)CCCC(C)C)CCC3C21.CC.CC. The van der Waals surface area contributed by atoms with Gasteiger partial charge in [0.15, 0.2) is 0 Å². The maximum Gasteiger partial charge on any atom is 0.0898 e. The number of aliphatic hydroxyl groups is 2. The maximum absolute atomic E-state index is 12.2. The smallest absolute Gasteiger partial charge is 0.0898 e. The second-order valence-corrected chi connectivity index (χ2v) is 13.2. The molecule has 7 unspecified atom stereocenters. The molecule has 0 aromatic heterocycles. The van der Waals surface area contributed by atoms with Crippen LogP contribution >= 0.6 is 0 Å². The molecule has 210 valence electrons. The van der Waals surface area contributed by atoms with E-state index in [0.29, 0.717) is 29.6 Å². The first-order chi connectivity index (χ1) is 17.0. The lowest BCUT2D eigenvalue weighted by Gasteiger charge is -2.62. The van der Waals surface area contributed by atoms with E-state index in [-0.39, 0.29) is 11.5 Å². The Bertz CT molecular complexity index is 725. The number of fused-ring (bicyclic) bond motifs is 5. The van der Waals surface area contributed by atoms with Crippen LogP contribution in [-0.4, -0.2) is 21.9 Å². The third kappa shape index (κ3) is 5.85. The van der Waals surface area contributed by atoms with E-state index >= 15 is 0 Å². The van der Waals surface area contributed by atoms with E-state index in [1.54, 1.807) is 0 Å². The lowest BCUT2D eigenvalue weighted by molar-refractivity contribution is -0.139. The van der Waals surface area contributed by atoms with Crippen molar-refractivity contribution in [3.05, 3.63) is 24.3 Å². The van der Waals surface area contributed by atoms with Crippen molar-refractivity contribution < 1.29 is 10.2 Å². The van der Waals surface area contributed by atoms with Crippen molar-refractivity contribution in [1.82, 2.24) is 0 Å². The summed E-state index contributed by atoms with van der Waals surface area (Å²) in [6.07, 6.45) is 16.5. The van der Waals surface area contributed by atoms with Gasteiger partial charge in [0.25, 0.3) is 0 Å². The summed E-state index contributed by atoms with van der Waals surface area (Å²) in [7, 11) is 0. The van der Waals surface area contributed by atoms with Crippen LogP contribution in [0.3, 0.4) is 0 Å². The lowest BCUT2D eigenvalue weighted by atomic mass is 9.43. The summed E-state index contributed by atoms with van der Waals surface area (Å²) in [5.41, 5.74) is 1.05. The molecule has 0 spiro atoms. The monoisotopic (exact) mass is 502 g/mol. The first-order valence-corrected chi connectivity index (χ1v) is 15.8. The van der Waals surface area contributed by atoms with Crippen molar-refractivity contribution in [2.24, 2.45) is 46.3 Å². The Kier molecular flexibility index (Phi) is 11.4. The van der Waals surface area contributed by atoms with Crippen LogP contribution in [0, 0.1) is 46.3 Å². The molecule has 4 aliphatic rings. The fourth-order valence-corrected chi connectivity index (χ4v) is 9.26. The van der Waals surface area contributed by atoms with Crippen LogP contribution in [0.4, 0.5) is 0 Å². The molecule has 0 saturated heterocycles. The second kappa shape index (κ2) is 13.0. The van der Waals surface area contributed by atoms with E-state index in [1.807, 2.05) is 33.8 Å². The Morgan fingerprint density at radius 1 is 0.972 bits per heavy atom. The van der Waals surface area contributed by atoms with Crippen LogP contribution in [0.1, 0.15) is 133 Å².